The zero-order chi connectivity index (χ0) is 10.1. The third-order valence-corrected chi connectivity index (χ3v) is 1.46. The highest BCUT2D eigenvalue weighted by Gasteiger charge is 2.08. The van der Waals surface area contributed by atoms with Crippen molar-refractivity contribution >= 4 is 5.97 Å². The number of carbonyl (C=O) groups is 1. The first-order valence-corrected chi connectivity index (χ1v) is 4.61. The Morgan fingerprint density at radius 3 is 2.62 bits per heavy atom. The van der Waals surface area contributed by atoms with Crippen LogP contribution in [0.25, 0.3) is 0 Å². The summed E-state index contributed by atoms with van der Waals surface area (Å²) in [5.74, 6) is -0.598. The number of aliphatic hydroxyl groups is 1. The van der Waals surface area contributed by atoms with Crippen molar-refractivity contribution in [3.05, 3.63) is 0 Å². The molecule has 0 bridgehead atoms. The van der Waals surface area contributed by atoms with Gasteiger partial charge in [0, 0.05) is 6.61 Å². The van der Waals surface area contributed by atoms with Crippen LogP contribution in [0.15, 0.2) is 0 Å². The van der Waals surface area contributed by atoms with Crippen LogP contribution in [0.2, 0.25) is 0 Å². The van der Waals surface area contributed by atoms with Gasteiger partial charge in [-0.3, -0.25) is 0 Å². The fraction of sp³-hybridized carbons (Fsp3) is 0.889. The molecule has 0 aromatic rings. The van der Waals surface area contributed by atoms with Gasteiger partial charge in [-0.05, 0) is 13.3 Å². The molecule has 0 fully saturated rings. The summed E-state index contributed by atoms with van der Waals surface area (Å²) in [6.45, 7) is 4.77. The minimum Gasteiger partial charge on any atom is -0.461 e. The highest BCUT2D eigenvalue weighted by atomic mass is 16.6. The zero-order valence-corrected chi connectivity index (χ0v) is 8.28. The van der Waals surface area contributed by atoms with Crippen molar-refractivity contribution in [2.75, 3.05) is 19.8 Å². The average molecular weight is 190 g/mol. The molecule has 0 aliphatic rings. The van der Waals surface area contributed by atoms with E-state index in [9.17, 15) is 4.79 Å². The van der Waals surface area contributed by atoms with Crippen molar-refractivity contribution in [2.45, 2.75) is 32.8 Å². The van der Waals surface area contributed by atoms with Crippen LogP contribution in [-0.2, 0) is 14.3 Å². The van der Waals surface area contributed by atoms with E-state index in [0.29, 0.717) is 13.2 Å². The summed E-state index contributed by atoms with van der Waals surface area (Å²) in [5, 5.41) is 8.75. The molecule has 0 radical (unpaired) electrons. The minimum atomic E-state index is -1.05. The molecule has 1 N–H and O–H groups in total. The number of aliphatic hydroxyl groups excluding tert-OH is 1. The fourth-order valence-electron chi connectivity index (χ4n) is 0.670. The molecule has 13 heavy (non-hydrogen) atoms. The first-order chi connectivity index (χ1) is 6.18. The average Bonchev–Trinajstić information content (AvgIpc) is 2.10. The van der Waals surface area contributed by atoms with Crippen LogP contribution >= 0.6 is 0 Å². The smallest absolute Gasteiger partial charge is 0.334 e. The van der Waals surface area contributed by atoms with Crippen LogP contribution in [-0.4, -0.2) is 37.0 Å². The lowest BCUT2D eigenvalue weighted by molar-refractivity contribution is -0.154. The molecule has 1 atom stereocenters. The number of ether oxygens (including phenoxy) is 2. The maximum atomic E-state index is 10.7. The van der Waals surface area contributed by atoms with Gasteiger partial charge in [-0.25, -0.2) is 4.79 Å². The van der Waals surface area contributed by atoms with Crippen molar-refractivity contribution in [3.8, 4) is 0 Å². The number of carbonyl (C=O) groups excluding carboxylic acids is 1. The van der Waals surface area contributed by atoms with Crippen LogP contribution in [0, 0.1) is 0 Å². The monoisotopic (exact) mass is 190 g/mol. The van der Waals surface area contributed by atoms with Crippen LogP contribution in [0.5, 0.6) is 0 Å². The molecule has 0 aromatic carbocycles. The summed E-state index contributed by atoms with van der Waals surface area (Å²) < 4.78 is 9.82. The number of hydrogen-bond donors (Lipinski definition) is 1. The van der Waals surface area contributed by atoms with Gasteiger partial charge in [-0.2, -0.15) is 0 Å². The lowest BCUT2D eigenvalue weighted by atomic mass is 10.4. The van der Waals surface area contributed by atoms with Gasteiger partial charge in [0.1, 0.15) is 12.7 Å². The molecular formula is C9H18O4. The Bertz CT molecular complexity index is 134. The maximum absolute atomic E-state index is 10.7. The third-order valence-electron chi connectivity index (χ3n) is 1.46. The van der Waals surface area contributed by atoms with E-state index in [0.717, 1.165) is 12.8 Å². The van der Waals surface area contributed by atoms with Crippen LogP contribution < -0.4 is 0 Å². The number of hydrogen-bond acceptors (Lipinski definition) is 4. The second-order valence-electron chi connectivity index (χ2n) is 2.81. The second-order valence-corrected chi connectivity index (χ2v) is 2.81. The summed E-state index contributed by atoms with van der Waals surface area (Å²) in [6, 6.07) is 0. The molecule has 0 rings (SSSR count). The number of unbranched alkanes of at least 4 members (excludes halogenated alkanes) is 1. The summed E-state index contributed by atoms with van der Waals surface area (Å²) in [7, 11) is 0. The van der Waals surface area contributed by atoms with Gasteiger partial charge in [0.2, 0.25) is 0 Å². The van der Waals surface area contributed by atoms with Crippen molar-refractivity contribution < 1.29 is 19.4 Å². The number of esters is 1. The van der Waals surface area contributed by atoms with E-state index in [1.807, 2.05) is 0 Å². The van der Waals surface area contributed by atoms with Gasteiger partial charge in [-0.15, -0.1) is 0 Å². The first kappa shape index (κ1) is 12.4. The molecule has 0 saturated carbocycles. The largest absolute Gasteiger partial charge is 0.461 e. The lowest BCUT2D eigenvalue weighted by Gasteiger charge is -2.06. The van der Waals surface area contributed by atoms with E-state index >= 15 is 0 Å². The van der Waals surface area contributed by atoms with Crippen molar-refractivity contribution in [1.29, 1.82) is 0 Å². The quantitative estimate of drug-likeness (QED) is 0.475. The molecule has 4 heteroatoms. The third kappa shape index (κ3) is 7.74. The van der Waals surface area contributed by atoms with Crippen molar-refractivity contribution in [1.82, 2.24) is 0 Å². The second kappa shape index (κ2) is 8.01. The van der Waals surface area contributed by atoms with Gasteiger partial charge in [0.15, 0.2) is 0 Å². The molecule has 0 aliphatic carbocycles. The van der Waals surface area contributed by atoms with E-state index in [4.69, 9.17) is 9.84 Å². The Morgan fingerprint density at radius 1 is 1.38 bits per heavy atom. The highest BCUT2D eigenvalue weighted by molar-refractivity contribution is 5.73. The van der Waals surface area contributed by atoms with E-state index in [1.54, 1.807) is 0 Å². The molecular weight excluding hydrogens is 172 g/mol. The Morgan fingerprint density at radius 2 is 2.08 bits per heavy atom. The van der Waals surface area contributed by atoms with E-state index in [1.165, 1.54) is 6.92 Å². The summed E-state index contributed by atoms with van der Waals surface area (Å²) >= 11 is 0. The van der Waals surface area contributed by atoms with Crippen LogP contribution in [0.3, 0.4) is 0 Å². The van der Waals surface area contributed by atoms with Gasteiger partial charge in [-0.1, -0.05) is 13.3 Å². The summed E-state index contributed by atoms with van der Waals surface area (Å²) in [6.07, 6.45) is 1.06. The van der Waals surface area contributed by atoms with E-state index in [2.05, 4.69) is 11.7 Å². The van der Waals surface area contributed by atoms with E-state index < -0.39 is 12.1 Å². The summed E-state index contributed by atoms with van der Waals surface area (Å²) in [5.41, 5.74) is 0. The molecule has 0 spiro atoms. The number of rotatable bonds is 7. The molecule has 0 saturated heterocycles. The van der Waals surface area contributed by atoms with Gasteiger partial charge < -0.3 is 14.6 Å². The first-order valence-electron chi connectivity index (χ1n) is 4.61. The topological polar surface area (TPSA) is 55.8 Å². The molecule has 0 amide bonds. The molecule has 78 valence electrons. The minimum absolute atomic E-state index is 0.216. The predicted octanol–water partition coefficient (Wildman–Crippen LogP) is 0.727. The van der Waals surface area contributed by atoms with Gasteiger partial charge in [0.05, 0.1) is 6.61 Å². The van der Waals surface area contributed by atoms with Crippen molar-refractivity contribution in [3.63, 3.8) is 0 Å². The molecule has 0 unspecified atom stereocenters. The maximum Gasteiger partial charge on any atom is 0.334 e. The van der Waals surface area contributed by atoms with Crippen LogP contribution in [0.4, 0.5) is 0 Å². The zero-order valence-electron chi connectivity index (χ0n) is 8.28. The molecule has 0 aliphatic heterocycles. The van der Waals surface area contributed by atoms with Gasteiger partial charge >= 0.3 is 5.97 Å². The van der Waals surface area contributed by atoms with Crippen molar-refractivity contribution in [2.24, 2.45) is 0 Å². The van der Waals surface area contributed by atoms with Gasteiger partial charge in [0.25, 0.3) is 0 Å². The SMILES string of the molecule is CCCCOCCOC(=O)[C@H](C)O. The Labute approximate surface area is 78.8 Å². The normalized spacial score (nSPS) is 12.5. The Kier molecular flexibility index (Phi) is 7.63. The molecule has 4 nitrogen and oxygen atoms in total. The molecule has 0 heterocycles. The predicted molar refractivity (Wildman–Crippen MR) is 48.4 cm³/mol. The standard InChI is InChI=1S/C9H18O4/c1-3-4-5-12-6-7-13-9(11)8(2)10/h8,10H,3-7H2,1-2H3/t8-/m0/s1. The highest BCUT2D eigenvalue weighted by Crippen LogP contribution is 1.89. The fourth-order valence-corrected chi connectivity index (χ4v) is 0.670. The van der Waals surface area contributed by atoms with Crippen LogP contribution in [0.1, 0.15) is 26.7 Å². The van der Waals surface area contributed by atoms with E-state index in [-0.39, 0.29) is 6.61 Å². The molecule has 0 aromatic heterocycles. The summed E-state index contributed by atoms with van der Waals surface area (Å²) in [4.78, 5) is 10.7. The Hall–Kier alpha value is -0.610. The lowest BCUT2D eigenvalue weighted by Crippen LogP contribution is -2.21. The Balaban J connectivity index is 3.12.